The maximum absolute atomic E-state index is 11.5. The van der Waals surface area contributed by atoms with E-state index >= 15 is 0 Å². The van der Waals surface area contributed by atoms with Gasteiger partial charge in [0.2, 0.25) is 5.56 Å². The maximum atomic E-state index is 11.5. The lowest BCUT2D eigenvalue weighted by Gasteiger charge is -2.31. The lowest BCUT2D eigenvalue weighted by molar-refractivity contribution is 0.201. The summed E-state index contributed by atoms with van der Waals surface area (Å²) in [5.74, 6) is 0.435. The number of hydrogen-bond acceptors (Lipinski definition) is 4. The molecule has 0 saturated carbocycles. The number of pyridine rings is 1. The third-order valence-electron chi connectivity index (χ3n) is 4.77. The van der Waals surface area contributed by atoms with Crippen molar-refractivity contribution in [1.29, 1.82) is 0 Å². The Kier molecular flexibility index (Phi) is 4.43. The van der Waals surface area contributed by atoms with E-state index in [4.69, 9.17) is 0 Å². The van der Waals surface area contributed by atoms with Gasteiger partial charge >= 0.3 is 0 Å². The number of hydrogen-bond donors (Lipinski definition) is 1. The second kappa shape index (κ2) is 7.03. The Morgan fingerprint density at radius 1 is 1.04 bits per heavy atom. The minimum Gasteiger partial charge on any atom is -0.326 e. The van der Waals surface area contributed by atoms with Crippen molar-refractivity contribution in [2.24, 2.45) is 0 Å². The van der Waals surface area contributed by atoms with Crippen LogP contribution in [0, 0.1) is 0 Å². The molecule has 0 atom stereocenters. The Labute approximate surface area is 146 Å². The quantitative estimate of drug-likeness (QED) is 0.795. The van der Waals surface area contributed by atoms with E-state index in [1.165, 1.54) is 0 Å². The van der Waals surface area contributed by atoms with E-state index in [0.717, 1.165) is 49.6 Å². The molecule has 25 heavy (non-hydrogen) atoms. The third kappa shape index (κ3) is 3.69. The van der Waals surface area contributed by atoms with E-state index in [1.807, 2.05) is 53.3 Å². The van der Waals surface area contributed by atoms with Gasteiger partial charge in [0.1, 0.15) is 0 Å². The molecule has 1 aliphatic rings. The first-order chi connectivity index (χ1) is 12.3. The van der Waals surface area contributed by atoms with E-state index in [2.05, 4.69) is 20.2 Å². The molecule has 0 unspecified atom stereocenters. The van der Waals surface area contributed by atoms with Crippen LogP contribution in [-0.2, 0) is 6.54 Å². The number of nitrogens with one attached hydrogen (secondary N) is 1. The van der Waals surface area contributed by atoms with Crippen LogP contribution in [0.3, 0.4) is 0 Å². The Bertz CT molecular complexity index is 878. The van der Waals surface area contributed by atoms with E-state index in [0.29, 0.717) is 5.92 Å². The highest BCUT2D eigenvalue weighted by Crippen LogP contribution is 2.26. The number of aromatic nitrogens is 4. The number of para-hydroxylation sites is 1. The molecule has 2 aromatic heterocycles. The molecule has 1 fully saturated rings. The molecule has 6 nitrogen and oxygen atoms in total. The van der Waals surface area contributed by atoms with E-state index in [1.54, 1.807) is 6.07 Å². The van der Waals surface area contributed by atoms with Gasteiger partial charge in [-0.3, -0.25) is 9.69 Å². The Hall–Kier alpha value is -2.73. The monoisotopic (exact) mass is 335 g/mol. The number of H-pyrrole nitrogens is 1. The van der Waals surface area contributed by atoms with Gasteiger partial charge in [-0.25, -0.2) is 4.68 Å². The molecule has 0 amide bonds. The van der Waals surface area contributed by atoms with Crippen LogP contribution in [0.5, 0.6) is 0 Å². The van der Waals surface area contributed by atoms with Crippen LogP contribution in [0.25, 0.3) is 5.69 Å². The number of benzene rings is 1. The summed E-state index contributed by atoms with van der Waals surface area (Å²) in [5, 5.41) is 8.52. The highest BCUT2D eigenvalue weighted by Gasteiger charge is 2.21. The molecule has 0 radical (unpaired) electrons. The van der Waals surface area contributed by atoms with Crippen LogP contribution < -0.4 is 5.56 Å². The summed E-state index contributed by atoms with van der Waals surface area (Å²) < 4.78 is 1.82. The number of aromatic amines is 1. The molecule has 3 heterocycles. The molecule has 0 bridgehead atoms. The van der Waals surface area contributed by atoms with Gasteiger partial charge in [0.15, 0.2) is 0 Å². The zero-order valence-corrected chi connectivity index (χ0v) is 14.0. The predicted molar refractivity (Wildman–Crippen MR) is 95.7 cm³/mol. The van der Waals surface area contributed by atoms with Gasteiger partial charge in [0.25, 0.3) is 0 Å². The van der Waals surface area contributed by atoms with E-state index < -0.39 is 0 Å². The minimum absolute atomic E-state index is 0.0162. The number of piperidine rings is 1. The van der Waals surface area contributed by atoms with Crippen LogP contribution >= 0.6 is 0 Å². The average molecular weight is 335 g/mol. The number of likely N-dealkylation sites (tertiary alicyclic amines) is 1. The first-order valence-corrected chi connectivity index (χ1v) is 8.66. The lowest BCUT2D eigenvalue weighted by atomic mass is 9.93. The molecule has 1 saturated heterocycles. The van der Waals surface area contributed by atoms with Gasteiger partial charge in [-0.15, -0.1) is 5.10 Å². The Morgan fingerprint density at radius 3 is 2.60 bits per heavy atom. The minimum atomic E-state index is -0.0162. The maximum Gasteiger partial charge on any atom is 0.248 e. The fourth-order valence-electron chi connectivity index (χ4n) is 3.41. The second-order valence-corrected chi connectivity index (χ2v) is 6.51. The van der Waals surface area contributed by atoms with Crippen molar-refractivity contribution >= 4 is 0 Å². The van der Waals surface area contributed by atoms with Crippen molar-refractivity contribution in [3.05, 3.63) is 76.5 Å². The molecular weight excluding hydrogens is 314 g/mol. The van der Waals surface area contributed by atoms with Gasteiger partial charge < -0.3 is 4.98 Å². The van der Waals surface area contributed by atoms with Crippen LogP contribution in [0.2, 0.25) is 0 Å². The van der Waals surface area contributed by atoms with Crippen LogP contribution in [0.15, 0.2) is 59.5 Å². The van der Waals surface area contributed by atoms with Crippen LogP contribution in [0.1, 0.15) is 30.1 Å². The van der Waals surface area contributed by atoms with Gasteiger partial charge in [0, 0.05) is 24.2 Å². The summed E-state index contributed by atoms with van der Waals surface area (Å²) in [6.07, 6.45) is 4.09. The summed E-state index contributed by atoms with van der Waals surface area (Å²) >= 11 is 0. The summed E-state index contributed by atoms with van der Waals surface area (Å²) in [6.45, 7) is 2.81. The zero-order valence-electron chi connectivity index (χ0n) is 14.0. The Balaban J connectivity index is 1.36. The normalized spacial score (nSPS) is 16.2. The van der Waals surface area contributed by atoms with Gasteiger partial charge in [-0.05, 0) is 44.1 Å². The largest absolute Gasteiger partial charge is 0.326 e. The van der Waals surface area contributed by atoms with Crippen molar-refractivity contribution in [3.63, 3.8) is 0 Å². The van der Waals surface area contributed by atoms with Crippen molar-refractivity contribution in [2.75, 3.05) is 13.1 Å². The molecule has 6 heteroatoms. The van der Waals surface area contributed by atoms with E-state index in [9.17, 15) is 4.79 Å². The molecule has 1 aromatic carbocycles. The van der Waals surface area contributed by atoms with Crippen LogP contribution in [0.4, 0.5) is 0 Å². The van der Waals surface area contributed by atoms with Crippen molar-refractivity contribution in [1.82, 2.24) is 24.9 Å². The van der Waals surface area contributed by atoms with Crippen molar-refractivity contribution < 1.29 is 0 Å². The summed E-state index contributed by atoms with van der Waals surface area (Å²) in [6, 6.07) is 15.4. The highest BCUT2D eigenvalue weighted by atomic mass is 16.1. The number of nitrogens with zero attached hydrogens (tertiary/aromatic N) is 4. The summed E-state index contributed by atoms with van der Waals surface area (Å²) in [4.78, 5) is 16.8. The first-order valence-electron chi connectivity index (χ1n) is 8.66. The highest BCUT2D eigenvalue weighted by molar-refractivity contribution is 5.29. The topological polar surface area (TPSA) is 66.8 Å². The summed E-state index contributed by atoms with van der Waals surface area (Å²) in [7, 11) is 0. The fraction of sp³-hybridized carbons (Fsp3) is 0.316. The zero-order chi connectivity index (χ0) is 17.1. The number of rotatable bonds is 4. The third-order valence-corrected chi connectivity index (χ3v) is 4.77. The smallest absolute Gasteiger partial charge is 0.248 e. The average Bonchev–Trinajstić information content (AvgIpc) is 3.12. The molecule has 4 rings (SSSR count). The van der Waals surface area contributed by atoms with Crippen LogP contribution in [-0.4, -0.2) is 38.0 Å². The SMILES string of the molecule is O=c1cccc(C2CCN(Cc3cn(-c4ccccc4)nn3)CC2)[nH]1. The van der Waals surface area contributed by atoms with Crippen molar-refractivity contribution in [2.45, 2.75) is 25.3 Å². The predicted octanol–water partition coefficient (Wildman–Crippen LogP) is 2.34. The Morgan fingerprint density at radius 2 is 1.84 bits per heavy atom. The van der Waals surface area contributed by atoms with E-state index in [-0.39, 0.29) is 5.56 Å². The molecule has 3 aromatic rings. The molecule has 1 aliphatic heterocycles. The fourth-order valence-corrected chi connectivity index (χ4v) is 3.41. The molecule has 128 valence electrons. The van der Waals surface area contributed by atoms with Gasteiger partial charge in [-0.2, -0.15) is 0 Å². The van der Waals surface area contributed by atoms with Gasteiger partial charge in [0.05, 0.1) is 17.6 Å². The standard InChI is InChI=1S/C19H21N5O/c25-19-8-4-7-18(20-19)15-9-11-23(12-10-15)13-16-14-24(22-21-16)17-5-2-1-3-6-17/h1-8,14-15H,9-13H2,(H,20,25). The molecule has 0 spiro atoms. The molecular formula is C19H21N5O. The van der Waals surface area contributed by atoms with Gasteiger partial charge in [-0.1, -0.05) is 29.5 Å². The summed E-state index contributed by atoms with van der Waals surface area (Å²) in [5.41, 5.74) is 3.04. The molecule has 1 N–H and O–H groups in total. The van der Waals surface area contributed by atoms with Crippen molar-refractivity contribution in [3.8, 4) is 5.69 Å². The first kappa shape index (κ1) is 15.8. The molecule has 0 aliphatic carbocycles. The second-order valence-electron chi connectivity index (χ2n) is 6.51. The lowest BCUT2D eigenvalue weighted by Crippen LogP contribution is -2.33.